The Kier molecular flexibility index (Phi) is 3.99. The van der Waals surface area contributed by atoms with Gasteiger partial charge in [0.05, 0.1) is 6.54 Å². The van der Waals surface area contributed by atoms with Crippen molar-refractivity contribution in [1.29, 1.82) is 0 Å². The molecule has 1 aromatic heterocycles. The van der Waals surface area contributed by atoms with Crippen LogP contribution in [0.5, 0.6) is 0 Å². The van der Waals surface area contributed by atoms with Crippen molar-refractivity contribution in [3.8, 4) is 0 Å². The van der Waals surface area contributed by atoms with Gasteiger partial charge in [0.25, 0.3) is 5.91 Å². The minimum absolute atomic E-state index is 0.0605. The van der Waals surface area contributed by atoms with Gasteiger partial charge in [-0.25, -0.2) is 0 Å². The molecule has 0 spiro atoms. The van der Waals surface area contributed by atoms with Gasteiger partial charge < -0.3 is 14.4 Å². The van der Waals surface area contributed by atoms with Gasteiger partial charge in [0.2, 0.25) is 5.91 Å². The fourth-order valence-corrected chi connectivity index (χ4v) is 3.54. The lowest BCUT2D eigenvalue weighted by atomic mass is 10.1. The molecule has 2 aliphatic heterocycles. The number of amides is 2. The van der Waals surface area contributed by atoms with Gasteiger partial charge in [0, 0.05) is 44.2 Å². The molecule has 1 aromatic carbocycles. The Bertz CT molecular complexity index is 811. The molecule has 2 amide bonds. The second-order valence-corrected chi connectivity index (χ2v) is 6.64. The SMILES string of the molecule is CN(Cc1nnc2n1CCC2)C(=O)c1ccc(N2CCCC2=O)cc1. The molecule has 0 atom stereocenters. The molecule has 0 unspecified atom stereocenters. The fourth-order valence-electron chi connectivity index (χ4n) is 3.54. The third-order valence-corrected chi connectivity index (χ3v) is 4.91. The van der Waals surface area contributed by atoms with Crippen molar-refractivity contribution in [2.24, 2.45) is 0 Å². The summed E-state index contributed by atoms with van der Waals surface area (Å²) in [6.07, 6.45) is 3.55. The lowest BCUT2D eigenvalue weighted by Gasteiger charge is -2.19. The van der Waals surface area contributed by atoms with Crippen molar-refractivity contribution in [2.75, 3.05) is 18.5 Å². The maximum Gasteiger partial charge on any atom is 0.254 e. The quantitative estimate of drug-likeness (QED) is 0.849. The van der Waals surface area contributed by atoms with E-state index in [1.807, 2.05) is 12.1 Å². The first kappa shape index (κ1) is 15.8. The maximum absolute atomic E-state index is 12.7. The van der Waals surface area contributed by atoms with Crippen LogP contribution in [0, 0.1) is 0 Å². The number of hydrogen-bond donors (Lipinski definition) is 0. The zero-order valence-corrected chi connectivity index (χ0v) is 14.3. The van der Waals surface area contributed by atoms with Crippen LogP contribution >= 0.6 is 0 Å². The van der Waals surface area contributed by atoms with Crippen LogP contribution < -0.4 is 4.90 Å². The standard InChI is InChI=1S/C18H21N5O2/c1-21(12-16-20-19-15-4-2-11-23(15)16)18(25)13-6-8-14(9-7-13)22-10-3-5-17(22)24/h6-9H,2-5,10-12H2,1H3. The first-order valence-electron chi connectivity index (χ1n) is 8.70. The van der Waals surface area contributed by atoms with E-state index in [1.165, 1.54) is 0 Å². The normalized spacial score (nSPS) is 16.4. The molecule has 0 bridgehead atoms. The van der Waals surface area contributed by atoms with E-state index in [-0.39, 0.29) is 11.8 Å². The molecule has 1 fully saturated rings. The van der Waals surface area contributed by atoms with E-state index in [2.05, 4.69) is 14.8 Å². The van der Waals surface area contributed by atoms with Gasteiger partial charge in [-0.15, -0.1) is 10.2 Å². The van der Waals surface area contributed by atoms with E-state index < -0.39 is 0 Å². The highest BCUT2D eigenvalue weighted by molar-refractivity contribution is 5.97. The van der Waals surface area contributed by atoms with Crippen molar-refractivity contribution in [3.63, 3.8) is 0 Å². The van der Waals surface area contributed by atoms with Crippen LogP contribution in [-0.4, -0.2) is 45.1 Å². The smallest absolute Gasteiger partial charge is 0.254 e. The maximum atomic E-state index is 12.7. The Hall–Kier alpha value is -2.70. The van der Waals surface area contributed by atoms with Gasteiger partial charge in [-0.05, 0) is 37.1 Å². The molecule has 0 saturated carbocycles. The molecule has 7 nitrogen and oxygen atoms in total. The van der Waals surface area contributed by atoms with Gasteiger partial charge in [-0.3, -0.25) is 9.59 Å². The number of rotatable bonds is 4. The fraction of sp³-hybridized carbons (Fsp3) is 0.444. The second-order valence-electron chi connectivity index (χ2n) is 6.64. The van der Waals surface area contributed by atoms with E-state index in [9.17, 15) is 9.59 Å². The molecule has 7 heteroatoms. The van der Waals surface area contributed by atoms with Crippen molar-refractivity contribution in [3.05, 3.63) is 41.5 Å². The summed E-state index contributed by atoms with van der Waals surface area (Å²) in [5.74, 6) is 1.93. The van der Waals surface area contributed by atoms with Gasteiger partial charge in [-0.1, -0.05) is 0 Å². The highest BCUT2D eigenvalue weighted by atomic mass is 16.2. The summed E-state index contributed by atoms with van der Waals surface area (Å²) in [6, 6.07) is 7.26. The van der Waals surface area contributed by atoms with Crippen LogP contribution in [0.1, 0.15) is 41.3 Å². The molecule has 3 heterocycles. The number of carbonyl (C=O) groups is 2. The average Bonchev–Trinajstić information content (AvgIpc) is 3.33. The summed E-state index contributed by atoms with van der Waals surface area (Å²) in [5.41, 5.74) is 1.47. The zero-order chi connectivity index (χ0) is 17.4. The predicted octanol–water partition coefficient (Wildman–Crippen LogP) is 1.62. The topological polar surface area (TPSA) is 71.3 Å². The van der Waals surface area contributed by atoms with Gasteiger partial charge in [0.15, 0.2) is 5.82 Å². The van der Waals surface area contributed by atoms with Crippen molar-refractivity contribution < 1.29 is 9.59 Å². The summed E-state index contributed by atoms with van der Waals surface area (Å²) < 4.78 is 2.10. The van der Waals surface area contributed by atoms with E-state index in [0.29, 0.717) is 18.5 Å². The minimum atomic E-state index is -0.0605. The highest BCUT2D eigenvalue weighted by Gasteiger charge is 2.23. The van der Waals surface area contributed by atoms with Crippen molar-refractivity contribution in [2.45, 2.75) is 38.8 Å². The summed E-state index contributed by atoms with van der Waals surface area (Å²) >= 11 is 0. The Balaban J connectivity index is 1.45. The van der Waals surface area contributed by atoms with Crippen LogP contribution in [0.2, 0.25) is 0 Å². The first-order chi connectivity index (χ1) is 12.1. The summed E-state index contributed by atoms with van der Waals surface area (Å²) in [5, 5.41) is 8.39. The number of aromatic nitrogens is 3. The highest BCUT2D eigenvalue weighted by Crippen LogP contribution is 2.22. The molecular weight excluding hydrogens is 318 g/mol. The molecule has 130 valence electrons. The lowest BCUT2D eigenvalue weighted by Crippen LogP contribution is -2.28. The van der Waals surface area contributed by atoms with E-state index in [1.54, 1.807) is 29.0 Å². The summed E-state index contributed by atoms with van der Waals surface area (Å²) in [4.78, 5) is 27.9. The Morgan fingerprint density at radius 1 is 1.12 bits per heavy atom. The number of nitrogens with zero attached hydrogens (tertiary/aromatic N) is 5. The third-order valence-electron chi connectivity index (χ3n) is 4.91. The molecular formula is C18H21N5O2. The van der Waals surface area contributed by atoms with Crippen LogP contribution in [0.25, 0.3) is 0 Å². The van der Waals surface area contributed by atoms with Gasteiger partial charge in [0.1, 0.15) is 5.82 Å². The van der Waals surface area contributed by atoms with Crippen LogP contribution in [0.4, 0.5) is 5.69 Å². The number of carbonyl (C=O) groups excluding carboxylic acids is 2. The van der Waals surface area contributed by atoms with E-state index in [0.717, 1.165) is 49.7 Å². The summed E-state index contributed by atoms with van der Waals surface area (Å²) in [6.45, 7) is 2.13. The molecule has 0 radical (unpaired) electrons. The molecule has 25 heavy (non-hydrogen) atoms. The number of benzene rings is 1. The molecule has 4 rings (SSSR count). The van der Waals surface area contributed by atoms with Crippen LogP contribution in [0.3, 0.4) is 0 Å². The minimum Gasteiger partial charge on any atom is -0.334 e. The van der Waals surface area contributed by atoms with Crippen molar-refractivity contribution >= 4 is 17.5 Å². The first-order valence-corrected chi connectivity index (χ1v) is 8.70. The van der Waals surface area contributed by atoms with Gasteiger partial charge >= 0.3 is 0 Å². The van der Waals surface area contributed by atoms with Crippen LogP contribution in [-0.2, 0) is 24.3 Å². The van der Waals surface area contributed by atoms with Gasteiger partial charge in [-0.2, -0.15) is 0 Å². The van der Waals surface area contributed by atoms with E-state index >= 15 is 0 Å². The molecule has 1 saturated heterocycles. The average molecular weight is 339 g/mol. The monoisotopic (exact) mass is 339 g/mol. The number of anilines is 1. The predicted molar refractivity (Wildman–Crippen MR) is 92.2 cm³/mol. The Morgan fingerprint density at radius 2 is 1.88 bits per heavy atom. The molecule has 0 aliphatic carbocycles. The second kappa shape index (κ2) is 6.31. The van der Waals surface area contributed by atoms with E-state index in [4.69, 9.17) is 0 Å². The number of fused-ring (bicyclic) bond motifs is 1. The lowest BCUT2D eigenvalue weighted by molar-refractivity contribution is -0.117. The zero-order valence-electron chi connectivity index (χ0n) is 14.3. The Labute approximate surface area is 146 Å². The number of hydrogen-bond acceptors (Lipinski definition) is 4. The molecule has 2 aliphatic rings. The summed E-state index contributed by atoms with van der Waals surface area (Å²) in [7, 11) is 1.77. The number of aryl methyl sites for hydroxylation is 1. The Morgan fingerprint density at radius 3 is 2.60 bits per heavy atom. The molecule has 0 N–H and O–H groups in total. The molecule has 2 aromatic rings. The van der Waals surface area contributed by atoms with Crippen molar-refractivity contribution in [1.82, 2.24) is 19.7 Å². The van der Waals surface area contributed by atoms with Crippen LogP contribution in [0.15, 0.2) is 24.3 Å². The largest absolute Gasteiger partial charge is 0.334 e. The third kappa shape index (κ3) is 2.90.